The molecule has 0 spiro atoms. The molecule has 0 amide bonds. The van der Waals surface area contributed by atoms with Crippen LogP contribution in [0.15, 0.2) is 20.7 Å². The smallest absolute Gasteiger partial charge is 0.316 e. The fourth-order valence-corrected chi connectivity index (χ4v) is 4.80. The van der Waals surface area contributed by atoms with Crippen molar-refractivity contribution in [2.24, 2.45) is 25.9 Å². The summed E-state index contributed by atoms with van der Waals surface area (Å²) in [5, 5.41) is 3.24. The summed E-state index contributed by atoms with van der Waals surface area (Å²) in [7, 11) is -1.14. The van der Waals surface area contributed by atoms with Crippen LogP contribution in [0, 0.1) is 11.8 Å². The lowest BCUT2D eigenvalue weighted by Crippen LogP contribution is -2.42. The molecule has 2 aliphatic heterocycles. The number of nitrogens with zero attached hydrogens (tertiary/aromatic N) is 3. The molecular formula is C12H18N4O4S. The number of rotatable bonds is 2. The molecule has 1 N–H and O–H groups in total. The van der Waals surface area contributed by atoms with Crippen LogP contribution in [0.5, 0.6) is 0 Å². The first-order valence-corrected chi connectivity index (χ1v) is 8.24. The number of fused-ring (bicyclic) bond motifs is 1. The number of hydrogen-bond acceptors (Lipinski definition) is 5. The molecule has 0 bridgehead atoms. The van der Waals surface area contributed by atoms with Gasteiger partial charge in [-0.3, -0.25) is 9.36 Å². The Hall–Kier alpha value is -1.45. The first kappa shape index (κ1) is 14.5. The minimum atomic E-state index is -3.86. The van der Waals surface area contributed by atoms with Crippen molar-refractivity contribution in [1.82, 2.24) is 18.8 Å². The molecule has 2 unspecified atom stereocenters. The van der Waals surface area contributed by atoms with Crippen molar-refractivity contribution in [2.75, 3.05) is 26.2 Å². The average molecular weight is 314 g/mol. The van der Waals surface area contributed by atoms with Crippen molar-refractivity contribution < 1.29 is 8.42 Å². The number of hydrogen-bond donors (Lipinski definition) is 1. The fraction of sp³-hybridized carbons (Fsp3) is 0.667. The monoisotopic (exact) mass is 314 g/mol. The van der Waals surface area contributed by atoms with Gasteiger partial charge in [0.1, 0.15) is 0 Å². The molecule has 0 aliphatic carbocycles. The van der Waals surface area contributed by atoms with Gasteiger partial charge >= 0.3 is 5.69 Å². The van der Waals surface area contributed by atoms with Crippen LogP contribution in [-0.4, -0.2) is 48.0 Å². The Morgan fingerprint density at radius 2 is 1.71 bits per heavy atom. The summed E-state index contributed by atoms with van der Waals surface area (Å²) in [5.74, 6) is 0.604. The Labute approximate surface area is 122 Å². The zero-order chi connectivity index (χ0) is 15.4. The van der Waals surface area contributed by atoms with Crippen LogP contribution < -0.4 is 16.6 Å². The summed E-state index contributed by atoms with van der Waals surface area (Å²) in [5.41, 5.74) is -1.31. The highest BCUT2D eigenvalue weighted by Gasteiger charge is 2.42. The van der Waals surface area contributed by atoms with Gasteiger partial charge in [-0.25, -0.2) is 13.2 Å². The van der Waals surface area contributed by atoms with E-state index in [2.05, 4.69) is 5.32 Å². The summed E-state index contributed by atoms with van der Waals surface area (Å²) in [6.07, 6.45) is 1.12. The van der Waals surface area contributed by atoms with Crippen molar-refractivity contribution >= 4 is 10.0 Å². The third-order valence-corrected chi connectivity index (χ3v) is 6.20. The van der Waals surface area contributed by atoms with Gasteiger partial charge in [0.15, 0.2) is 4.90 Å². The van der Waals surface area contributed by atoms with Crippen molar-refractivity contribution in [1.29, 1.82) is 0 Å². The minimum absolute atomic E-state index is 0.302. The van der Waals surface area contributed by atoms with Crippen LogP contribution in [0.4, 0.5) is 0 Å². The highest BCUT2D eigenvalue weighted by atomic mass is 32.2. The van der Waals surface area contributed by atoms with E-state index in [9.17, 15) is 18.0 Å². The van der Waals surface area contributed by atoms with Crippen LogP contribution in [0.1, 0.15) is 0 Å². The van der Waals surface area contributed by atoms with E-state index < -0.39 is 21.3 Å². The summed E-state index contributed by atoms with van der Waals surface area (Å²) >= 11 is 0. The van der Waals surface area contributed by atoms with E-state index in [1.54, 1.807) is 0 Å². The molecule has 116 valence electrons. The molecule has 1 aromatic rings. The van der Waals surface area contributed by atoms with Crippen molar-refractivity contribution in [3.8, 4) is 0 Å². The predicted molar refractivity (Wildman–Crippen MR) is 75.5 cm³/mol. The van der Waals surface area contributed by atoms with Gasteiger partial charge in [-0.15, -0.1) is 0 Å². The number of sulfonamides is 1. The predicted octanol–water partition coefficient (Wildman–Crippen LogP) is -2.08. The zero-order valence-corrected chi connectivity index (χ0v) is 12.8. The van der Waals surface area contributed by atoms with Crippen LogP contribution in [0.3, 0.4) is 0 Å². The van der Waals surface area contributed by atoms with E-state index in [0.29, 0.717) is 24.9 Å². The van der Waals surface area contributed by atoms with Gasteiger partial charge in [0.25, 0.3) is 5.56 Å². The van der Waals surface area contributed by atoms with Crippen LogP contribution in [0.25, 0.3) is 0 Å². The standard InChI is InChI=1S/C12H18N4O4S/c1-14-7-10(11(17)15(2)12(14)18)21(19,20)16-5-8-3-13-4-9(8)6-16/h7-9,13H,3-6H2,1-2H3. The quantitative estimate of drug-likeness (QED) is 0.676. The Bertz CT molecular complexity index is 782. The number of aryl methyl sites for hydroxylation is 1. The van der Waals surface area contributed by atoms with E-state index >= 15 is 0 Å². The Kier molecular flexibility index (Phi) is 3.30. The van der Waals surface area contributed by atoms with E-state index in [0.717, 1.165) is 28.4 Å². The maximum Gasteiger partial charge on any atom is 0.330 e. The minimum Gasteiger partial charge on any atom is -0.316 e. The van der Waals surface area contributed by atoms with Gasteiger partial charge in [0.2, 0.25) is 10.0 Å². The average Bonchev–Trinajstić information content (AvgIpc) is 3.01. The van der Waals surface area contributed by atoms with Crippen molar-refractivity contribution in [3.63, 3.8) is 0 Å². The summed E-state index contributed by atoms with van der Waals surface area (Å²) in [6, 6.07) is 0. The molecule has 8 nitrogen and oxygen atoms in total. The molecule has 0 saturated carbocycles. The SMILES string of the molecule is Cn1cc(S(=O)(=O)N2CC3CNCC3C2)c(=O)n(C)c1=O. The number of aromatic nitrogens is 2. The summed E-state index contributed by atoms with van der Waals surface area (Å²) in [6.45, 7) is 2.46. The highest BCUT2D eigenvalue weighted by molar-refractivity contribution is 7.89. The molecule has 2 saturated heterocycles. The normalized spacial score (nSPS) is 26.2. The van der Waals surface area contributed by atoms with Crippen molar-refractivity contribution in [3.05, 3.63) is 27.0 Å². The maximum atomic E-state index is 12.7. The van der Waals surface area contributed by atoms with Gasteiger partial charge in [0, 0.05) is 33.4 Å². The first-order chi connectivity index (χ1) is 9.82. The van der Waals surface area contributed by atoms with Crippen molar-refractivity contribution in [2.45, 2.75) is 4.90 Å². The molecule has 2 fully saturated rings. The molecule has 9 heteroatoms. The first-order valence-electron chi connectivity index (χ1n) is 6.80. The Balaban J connectivity index is 2.04. The van der Waals surface area contributed by atoms with Gasteiger partial charge in [-0.05, 0) is 24.9 Å². The lowest BCUT2D eigenvalue weighted by atomic mass is 10.0. The zero-order valence-electron chi connectivity index (χ0n) is 11.9. The van der Waals surface area contributed by atoms with Gasteiger partial charge in [0.05, 0.1) is 0 Å². The molecule has 2 aliphatic rings. The maximum absolute atomic E-state index is 12.7. The number of nitrogens with one attached hydrogen (secondary N) is 1. The molecule has 21 heavy (non-hydrogen) atoms. The highest BCUT2D eigenvalue weighted by Crippen LogP contribution is 2.29. The Morgan fingerprint density at radius 3 is 2.29 bits per heavy atom. The molecule has 3 rings (SSSR count). The molecular weight excluding hydrogens is 296 g/mol. The second-order valence-corrected chi connectivity index (χ2v) is 7.66. The molecule has 3 heterocycles. The lowest BCUT2D eigenvalue weighted by molar-refractivity contribution is 0.445. The van der Waals surface area contributed by atoms with E-state index in [1.165, 1.54) is 18.4 Å². The topological polar surface area (TPSA) is 93.4 Å². The molecule has 0 radical (unpaired) electrons. The van der Waals surface area contributed by atoms with Gasteiger partial charge in [-0.1, -0.05) is 0 Å². The molecule has 2 atom stereocenters. The van der Waals surface area contributed by atoms with E-state index in [1.807, 2.05) is 0 Å². The lowest BCUT2D eigenvalue weighted by Gasteiger charge is -2.17. The molecule has 0 aromatic carbocycles. The van der Waals surface area contributed by atoms with E-state index in [-0.39, 0.29) is 4.90 Å². The summed E-state index contributed by atoms with van der Waals surface area (Å²) in [4.78, 5) is 23.4. The Morgan fingerprint density at radius 1 is 1.14 bits per heavy atom. The third-order valence-electron chi connectivity index (χ3n) is 4.39. The third kappa shape index (κ3) is 2.16. The van der Waals surface area contributed by atoms with Gasteiger partial charge < -0.3 is 9.88 Å². The summed E-state index contributed by atoms with van der Waals surface area (Å²) < 4.78 is 28.7. The van der Waals surface area contributed by atoms with Crippen LogP contribution in [0.2, 0.25) is 0 Å². The van der Waals surface area contributed by atoms with Crippen LogP contribution >= 0.6 is 0 Å². The second-order valence-electron chi connectivity index (χ2n) is 5.75. The van der Waals surface area contributed by atoms with Crippen LogP contribution in [-0.2, 0) is 24.1 Å². The largest absolute Gasteiger partial charge is 0.330 e. The van der Waals surface area contributed by atoms with Gasteiger partial charge in [-0.2, -0.15) is 4.31 Å². The molecule has 1 aromatic heterocycles. The van der Waals surface area contributed by atoms with E-state index in [4.69, 9.17) is 0 Å². The fourth-order valence-electron chi connectivity index (χ4n) is 3.10. The second kappa shape index (κ2) is 4.79.